The maximum atomic E-state index is 8.49. The molecule has 17 nitrogen and oxygen atoms in total. The van der Waals surface area contributed by atoms with Gasteiger partial charge < -0.3 is 36.0 Å². The van der Waals surface area contributed by atoms with Crippen molar-refractivity contribution >= 4 is 0 Å². The van der Waals surface area contributed by atoms with E-state index in [2.05, 4.69) is 118 Å². The largest absolute Gasteiger partial charge is 2.00 e. The molecule has 0 atom stereocenters. The van der Waals surface area contributed by atoms with Crippen molar-refractivity contribution in [2.24, 2.45) is 0 Å². The summed E-state index contributed by atoms with van der Waals surface area (Å²) in [5.41, 5.74) is 2.84. The van der Waals surface area contributed by atoms with Crippen LogP contribution in [0.1, 0.15) is 11.1 Å². The van der Waals surface area contributed by atoms with Crippen LogP contribution in [0.15, 0.2) is 60.7 Å². The standard InChI is InChI=1S/2C15H25N3.2ClHO4.2Cu.3H2O/c2*1-16-8-9-17(2)11-13-18(12-10-16)14-15-6-4-3-5-7-15;2*2-1(3,4)5;;;;;/h2*3-7H,8-14H2,1-2H3;2*(H,2,3,4,5);;;3*1H2/q;;;;2*+2;;;/p-4. The van der Waals surface area contributed by atoms with Crippen LogP contribution in [-0.2, 0) is 47.2 Å². The average molecular weight is 873 g/mol. The van der Waals surface area contributed by atoms with Gasteiger partial charge in [0.1, 0.15) is 0 Å². The Morgan fingerprint density at radius 2 is 0.588 bits per heavy atom. The summed E-state index contributed by atoms with van der Waals surface area (Å²) >= 11 is 0. The van der Waals surface area contributed by atoms with Crippen molar-refractivity contribution in [1.29, 1.82) is 0 Å². The van der Waals surface area contributed by atoms with Gasteiger partial charge in [-0.1, -0.05) is 60.7 Å². The van der Waals surface area contributed by atoms with Gasteiger partial charge in [-0.2, -0.15) is 0 Å². The molecule has 2 fully saturated rings. The Morgan fingerprint density at radius 3 is 0.784 bits per heavy atom. The van der Waals surface area contributed by atoms with Gasteiger partial charge >= 0.3 is 34.1 Å². The van der Waals surface area contributed by atoms with E-state index >= 15 is 0 Å². The molecule has 51 heavy (non-hydrogen) atoms. The van der Waals surface area contributed by atoms with Gasteiger partial charge in [-0.3, -0.25) is 9.80 Å². The zero-order valence-electron chi connectivity index (χ0n) is 29.4. The van der Waals surface area contributed by atoms with E-state index in [-0.39, 0.29) is 50.6 Å². The summed E-state index contributed by atoms with van der Waals surface area (Å²) in [6, 6.07) is 21.6. The van der Waals surface area contributed by atoms with Crippen LogP contribution in [0.25, 0.3) is 0 Å². The van der Waals surface area contributed by atoms with Crippen molar-refractivity contribution in [3.05, 3.63) is 71.8 Å². The van der Waals surface area contributed by atoms with Crippen LogP contribution in [0.4, 0.5) is 0 Å². The molecule has 2 aromatic rings. The molecule has 0 amide bonds. The quantitative estimate of drug-likeness (QED) is 0.258. The summed E-state index contributed by atoms with van der Waals surface area (Å²) in [4.78, 5) is 14.8. The van der Waals surface area contributed by atoms with E-state index in [0.717, 1.165) is 13.1 Å². The van der Waals surface area contributed by atoms with Gasteiger partial charge in [0, 0.05) is 91.6 Å². The van der Waals surface area contributed by atoms with Gasteiger partial charge in [0.15, 0.2) is 0 Å². The Kier molecular flexibility index (Phi) is 38.3. The SMILES string of the molecule is CN1CCN(C)CCN(Cc2ccccc2)CC1.CN1CCN(C)CCN(Cc2ccccc2)CC1.O.[Cu+2].[Cu+2].[O-][Cl+3]([O-])([O-])[O-].[O-][Cl+3]([O-])([O-])[O-].[OH-].[OH-]. The van der Waals surface area contributed by atoms with Gasteiger partial charge in [-0.05, 0) is 39.3 Å². The minimum atomic E-state index is -4.94. The van der Waals surface area contributed by atoms with Crippen LogP contribution in [0.3, 0.4) is 0 Å². The molecule has 21 heteroatoms. The molecular weight excluding hydrogens is 818 g/mol. The van der Waals surface area contributed by atoms with Gasteiger partial charge in [0.25, 0.3) is 0 Å². The first kappa shape index (κ1) is 59.7. The number of benzene rings is 2. The van der Waals surface area contributed by atoms with Gasteiger partial charge in [0.05, 0.1) is 0 Å². The molecule has 4 rings (SSSR count). The second-order valence-corrected chi connectivity index (χ2v) is 13.0. The summed E-state index contributed by atoms with van der Waals surface area (Å²) in [5, 5.41) is 0. The third kappa shape index (κ3) is 38.9. The van der Waals surface area contributed by atoms with Crippen molar-refractivity contribution < 1.29 is 108 Å². The predicted octanol–water partition coefficient (Wildman–Crippen LogP) is -7.96. The number of nitrogens with zero attached hydrogens (tertiary/aromatic N) is 6. The van der Waals surface area contributed by atoms with Gasteiger partial charge in [-0.15, -0.1) is 20.5 Å². The number of rotatable bonds is 4. The molecule has 2 heterocycles. The van der Waals surface area contributed by atoms with Crippen molar-refractivity contribution in [3.63, 3.8) is 0 Å². The monoisotopic (exact) mass is 870 g/mol. The van der Waals surface area contributed by atoms with Crippen LogP contribution in [-0.4, -0.2) is 153 Å². The number of hydrogen-bond acceptors (Lipinski definition) is 16. The molecule has 0 aliphatic carbocycles. The van der Waals surface area contributed by atoms with E-state index in [1.807, 2.05) is 0 Å². The summed E-state index contributed by atoms with van der Waals surface area (Å²) in [6.45, 7) is 16.2. The van der Waals surface area contributed by atoms with E-state index in [0.29, 0.717) is 0 Å². The van der Waals surface area contributed by atoms with Crippen molar-refractivity contribution in [1.82, 2.24) is 29.4 Å². The Labute approximate surface area is 328 Å². The summed E-state index contributed by atoms with van der Waals surface area (Å²) in [6.07, 6.45) is 0. The molecule has 0 bridgehead atoms. The molecule has 4 N–H and O–H groups in total. The maximum Gasteiger partial charge on any atom is 2.00 e. The molecule has 2 aliphatic heterocycles. The van der Waals surface area contributed by atoms with E-state index in [4.69, 9.17) is 37.3 Å². The van der Waals surface area contributed by atoms with Crippen LogP contribution >= 0.6 is 0 Å². The molecule has 0 unspecified atom stereocenters. The van der Waals surface area contributed by atoms with Crippen molar-refractivity contribution in [2.75, 3.05) is 107 Å². The zero-order chi connectivity index (χ0) is 34.6. The predicted molar refractivity (Wildman–Crippen MR) is 161 cm³/mol. The van der Waals surface area contributed by atoms with E-state index in [1.54, 1.807) is 0 Å². The Hall–Kier alpha value is -0.621. The fourth-order valence-corrected chi connectivity index (χ4v) is 4.60. The molecule has 0 saturated carbocycles. The molecular formula is C30H54Cl2Cu2N6O11. The maximum absolute atomic E-state index is 8.49. The van der Waals surface area contributed by atoms with E-state index in [9.17, 15) is 0 Å². The van der Waals surface area contributed by atoms with Crippen molar-refractivity contribution in [2.45, 2.75) is 13.1 Å². The van der Waals surface area contributed by atoms with Crippen LogP contribution < -0.4 is 37.3 Å². The minimum absolute atomic E-state index is 0. The third-order valence-electron chi connectivity index (χ3n) is 7.42. The van der Waals surface area contributed by atoms with E-state index in [1.165, 1.54) is 89.7 Å². The second kappa shape index (κ2) is 32.8. The average Bonchev–Trinajstić information content (AvgIpc) is 3.09. The molecule has 2 saturated heterocycles. The molecule has 2 aromatic carbocycles. The van der Waals surface area contributed by atoms with Gasteiger partial charge in [0.2, 0.25) is 0 Å². The topological polar surface area (TPSA) is 295 Å². The molecule has 2 radical (unpaired) electrons. The molecule has 0 aromatic heterocycles. The Bertz CT molecular complexity index is 922. The number of likely N-dealkylation sites (N-methyl/N-ethyl adjacent to an activating group) is 4. The first-order chi connectivity index (χ1) is 21.5. The summed E-state index contributed by atoms with van der Waals surface area (Å²) in [7, 11) is -1.00. The summed E-state index contributed by atoms with van der Waals surface area (Å²) < 4.78 is 67.9. The fraction of sp³-hybridized carbons (Fsp3) is 0.600. The van der Waals surface area contributed by atoms with E-state index < -0.39 is 20.5 Å². The summed E-state index contributed by atoms with van der Waals surface area (Å²) in [5.74, 6) is 0. The molecule has 0 spiro atoms. The Morgan fingerprint density at radius 1 is 0.412 bits per heavy atom. The zero-order valence-corrected chi connectivity index (χ0v) is 32.8. The fourth-order valence-electron chi connectivity index (χ4n) is 4.60. The minimum Gasteiger partial charge on any atom is -0.870 e. The number of hydrogen-bond donors (Lipinski definition) is 0. The number of halogens is 2. The second-order valence-electron chi connectivity index (χ2n) is 11.5. The molecule has 2 aliphatic rings. The molecule has 306 valence electrons. The Balaban J connectivity index is -0.000000203. The smallest absolute Gasteiger partial charge is 0.870 e. The first-order valence-electron chi connectivity index (χ1n) is 15.0. The van der Waals surface area contributed by atoms with Crippen LogP contribution in [0, 0.1) is 20.5 Å². The van der Waals surface area contributed by atoms with Gasteiger partial charge in [-0.25, -0.2) is 37.3 Å². The normalized spacial score (nSPS) is 17.3. The van der Waals surface area contributed by atoms with Crippen LogP contribution in [0.5, 0.6) is 0 Å². The van der Waals surface area contributed by atoms with Crippen LogP contribution in [0.2, 0.25) is 0 Å². The van der Waals surface area contributed by atoms with Crippen molar-refractivity contribution in [3.8, 4) is 0 Å². The first-order valence-corrected chi connectivity index (χ1v) is 17.4. The third-order valence-corrected chi connectivity index (χ3v) is 7.42.